The average molecular weight is 541 g/mol. The van der Waals surface area contributed by atoms with Gasteiger partial charge in [0.25, 0.3) is 0 Å². The number of hydrogen-bond acceptors (Lipinski definition) is 3. The van der Waals surface area contributed by atoms with Crippen molar-refractivity contribution in [2.45, 2.75) is 39.2 Å². The van der Waals surface area contributed by atoms with E-state index in [1.165, 1.54) is 16.0 Å². The summed E-state index contributed by atoms with van der Waals surface area (Å²) in [4.78, 5) is 20.2. The van der Waals surface area contributed by atoms with Crippen molar-refractivity contribution in [2.24, 2.45) is 10.9 Å². The van der Waals surface area contributed by atoms with Crippen LogP contribution in [0.3, 0.4) is 0 Å². The zero-order chi connectivity index (χ0) is 20.5. The number of amides is 1. The fourth-order valence-corrected chi connectivity index (χ4v) is 4.52. The Morgan fingerprint density at radius 2 is 2.00 bits per heavy atom. The van der Waals surface area contributed by atoms with E-state index in [2.05, 4.69) is 64.3 Å². The second-order valence-electron chi connectivity index (χ2n) is 7.71. The third kappa shape index (κ3) is 7.58. The maximum Gasteiger partial charge on any atom is 0.222 e. The van der Waals surface area contributed by atoms with Crippen molar-refractivity contribution in [3.8, 4) is 0 Å². The molecule has 30 heavy (non-hydrogen) atoms. The number of nitrogens with zero attached hydrogens (tertiary/aromatic N) is 2. The highest BCUT2D eigenvalue weighted by molar-refractivity contribution is 14.0. The molecule has 3 rings (SSSR count). The fourth-order valence-electron chi connectivity index (χ4n) is 3.65. The van der Waals surface area contributed by atoms with Gasteiger partial charge in [-0.1, -0.05) is 37.3 Å². The summed E-state index contributed by atoms with van der Waals surface area (Å²) in [5, 5.41) is 8.85. The topological polar surface area (TPSA) is 56.7 Å². The van der Waals surface area contributed by atoms with Crippen LogP contribution in [0.25, 0.3) is 0 Å². The third-order valence-corrected chi connectivity index (χ3v) is 6.21. The number of guanidine groups is 1. The molecule has 0 fully saturated rings. The van der Waals surface area contributed by atoms with Gasteiger partial charge in [0.05, 0.1) is 0 Å². The first-order valence-electron chi connectivity index (χ1n) is 10.5. The van der Waals surface area contributed by atoms with Crippen LogP contribution in [0, 0.1) is 5.92 Å². The van der Waals surface area contributed by atoms with Crippen LogP contribution in [0.4, 0.5) is 0 Å². The SMILES string of the molecule is CN=C(NCCCC(=O)N1CCc2ccccc2C1)NCC(C)Cc1cccs1.I. The minimum absolute atomic E-state index is 0. The fraction of sp³-hybridized carbons (Fsp3) is 0.478. The molecule has 1 atom stereocenters. The molecule has 5 nitrogen and oxygen atoms in total. The maximum absolute atomic E-state index is 12.5. The molecular weight excluding hydrogens is 507 g/mol. The average Bonchev–Trinajstić information content (AvgIpc) is 3.25. The summed E-state index contributed by atoms with van der Waals surface area (Å²) in [6.45, 7) is 5.44. The van der Waals surface area contributed by atoms with E-state index in [-0.39, 0.29) is 29.9 Å². The van der Waals surface area contributed by atoms with Crippen molar-refractivity contribution in [3.63, 3.8) is 0 Å². The predicted molar refractivity (Wildman–Crippen MR) is 137 cm³/mol. The number of carbonyl (C=O) groups excluding carboxylic acids is 1. The van der Waals surface area contributed by atoms with Gasteiger partial charge in [-0.15, -0.1) is 35.3 Å². The van der Waals surface area contributed by atoms with Crippen molar-refractivity contribution in [1.82, 2.24) is 15.5 Å². The summed E-state index contributed by atoms with van der Waals surface area (Å²) in [6.07, 6.45) is 3.42. The first-order chi connectivity index (χ1) is 14.2. The Balaban J connectivity index is 0.00000320. The van der Waals surface area contributed by atoms with Crippen LogP contribution in [0.15, 0.2) is 46.8 Å². The predicted octanol–water partition coefficient (Wildman–Crippen LogP) is 4.07. The minimum Gasteiger partial charge on any atom is -0.356 e. The van der Waals surface area contributed by atoms with Crippen LogP contribution in [0.1, 0.15) is 35.8 Å². The number of rotatable bonds is 8. The molecule has 2 N–H and O–H groups in total. The standard InChI is InChI=1S/C23H32N4OS.HI/c1-18(15-21-9-6-14-29-21)16-26-23(24-2)25-12-5-10-22(28)27-13-11-19-7-3-4-8-20(19)17-27;/h3-4,6-9,14,18H,5,10-13,15-17H2,1-2H3,(H2,24,25,26);1H. The van der Waals surface area contributed by atoms with E-state index in [0.717, 1.165) is 51.4 Å². The number of thiophene rings is 1. The molecule has 0 saturated heterocycles. The van der Waals surface area contributed by atoms with Crippen molar-refractivity contribution in [2.75, 3.05) is 26.7 Å². The van der Waals surface area contributed by atoms with Gasteiger partial charge in [-0.3, -0.25) is 9.79 Å². The molecule has 164 valence electrons. The normalized spacial score (nSPS) is 14.5. The van der Waals surface area contributed by atoms with Crippen LogP contribution in [-0.2, 0) is 24.2 Å². The Morgan fingerprint density at radius 3 is 2.73 bits per heavy atom. The Kier molecular flexibility index (Phi) is 10.6. The summed E-state index contributed by atoms with van der Waals surface area (Å²) in [5.41, 5.74) is 2.66. The number of benzene rings is 1. The molecule has 1 aromatic carbocycles. The zero-order valence-electron chi connectivity index (χ0n) is 17.9. The second-order valence-corrected chi connectivity index (χ2v) is 8.74. The first-order valence-corrected chi connectivity index (χ1v) is 11.3. The van der Waals surface area contributed by atoms with Crippen molar-refractivity contribution in [1.29, 1.82) is 0 Å². The highest BCUT2D eigenvalue weighted by atomic mass is 127. The van der Waals surface area contributed by atoms with Gasteiger partial charge in [-0.25, -0.2) is 0 Å². The van der Waals surface area contributed by atoms with E-state index < -0.39 is 0 Å². The number of carbonyl (C=O) groups is 1. The first kappa shape index (κ1) is 24.7. The lowest BCUT2D eigenvalue weighted by Gasteiger charge is -2.29. The van der Waals surface area contributed by atoms with E-state index in [4.69, 9.17) is 0 Å². The van der Waals surface area contributed by atoms with Gasteiger partial charge in [0, 0.05) is 44.5 Å². The van der Waals surface area contributed by atoms with Gasteiger partial charge in [0.2, 0.25) is 5.91 Å². The minimum atomic E-state index is 0. The van der Waals surface area contributed by atoms with Crippen molar-refractivity contribution < 1.29 is 4.79 Å². The van der Waals surface area contributed by atoms with Crippen molar-refractivity contribution in [3.05, 3.63) is 57.8 Å². The lowest BCUT2D eigenvalue weighted by Crippen LogP contribution is -2.40. The Hall–Kier alpha value is -1.61. The van der Waals surface area contributed by atoms with Crippen LogP contribution < -0.4 is 10.6 Å². The van der Waals surface area contributed by atoms with E-state index in [0.29, 0.717) is 12.3 Å². The van der Waals surface area contributed by atoms with Crippen LogP contribution in [-0.4, -0.2) is 43.4 Å². The van der Waals surface area contributed by atoms with Gasteiger partial charge in [0.1, 0.15) is 0 Å². The molecule has 7 heteroatoms. The van der Waals surface area contributed by atoms with E-state index >= 15 is 0 Å². The second kappa shape index (κ2) is 12.9. The van der Waals surface area contributed by atoms with Gasteiger partial charge >= 0.3 is 0 Å². The quantitative estimate of drug-likeness (QED) is 0.230. The molecule has 0 radical (unpaired) electrons. The van der Waals surface area contributed by atoms with Gasteiger partial charge in [0.15, 0.2) is 5.96 Å². The maximum atomic E-state index is 12.5. The number of aliphatic imine (C=N–C) groups is 1. The smallest absolute Gasteiger partial charge is 0.222 e. The molecule has 2 heterocycles. The lowest BCUT2D eigenvalue weighted by molar-refractivity contribution is -0.132. The lowest BCUT2D eigenvalue weighted by atomic mass is 9.99. The summed E-state index contributed by atoms with van der Waals surface area (Å²) >= 11 is 1.81. The molecule has 2 aromatic rings. The molecular formula is C23H33IN4OS. The van der Waals surface area contributed by atoms with Gasteiger partial charge in [-0.2, -0.15) is 0 Å². The van der Waals surface area contributed by atoms with Crippen LogP contribution in [0.5, 0.6) is 0 Å². The van der Waals surface area contributed by atoms with E-state index in [9.17, 15) is 4.79 Å². The zero-order valence-corrected chi connectivity index (χ0v) is 21.0. The molecule has 1 aliphatic heterocycles. The molecule has 0 aliphatic carbocycles. The molecule has 0 spiro atoms. The van der Waals surface area contributed by atoms with Gasteiger partial charge in [-0.05, 0) is 47.8 Å². The molecule has 1 aliphatic rings. The summed E-state index contributed by atoms with van der Waals surface area (Å²) in [7, 11) is 1.79. The molecule has 0 bridgehead atoms. The number of hydrogen-bond donors (Lipinski definition) is 2. The van der Waals surface area contributed by atoms with E-state index in [1.807, 2.05) is 16.2 Å². The molecule has 1 amide bonds. The summed E-state index contributed by atoms with van der Waals surface area (Å²) in [5.74, 6) is 1.59. The Labute approximate surface area is 201 Å². The Bertz CT molecular complexity index is 809. The largest absolute Gasteiger partial charge is 0.356 e. The Morgan fingerprint density at radius 1 is 1.20 bits per heavy atom. The third-order valence-electron chi connectivity index (χ3n) is 5.31. The monoisotopic (exact) mass is 540 g/mol. The summed E-state index contributed by atoms with van der Waals surface area (Å²) < 4.78 is 0. The number of nitrogens with one attached hydrogen (secondary N) is 2. The molecule has 1 aromatic heterocycles. The van der Waals surface area contributed by atoms with Crippen LogP contribution >= 0.6 is 35.3 Å². The van der Waals surface area contributed by atoms with Gasteiger partial charge < -0.3 is 15.5 Å². The van der Waals surface area contributed by atoms with E-state index in [1.54, 1.807) is 7.05 Å². The molecule has 1 unspecified atom stereocenters. The highest BCUT2D eigenvalue weighted by Gasteiger charge is 2.19. The summed E-state index contributed by atoms with van der Waals surface area (Å²) in [6, 6.07) is 12.7. The number of fused-ring (bicyclic) bond motifs is 1. The van der Waals surface area contributed by atoms with Crippen molar-refractivity contribution >= 4 is 47.2 Å². The van der Waals surface area contributed by atoms with Crippen LogP contribution in [0.2, 0.25) is 0 Å². The highest BCUT2D eigenvalue weighted by Crippen LogP contribution is 2.19. The number of halogens is 1. The molecule has 0 saturated carbocycles.